The number of halogens is 3. The second kappa shape index (κ2) is 12.3. The number of piperidine rings is 1. The molecule has 4 heterocycles. The first-order valence-electron chi connectivity index (χ1n) is 11.6. The summed E-state index contributed by atoms with van der Waals surface area (Å²) in [6.07, 6.45) is -0.451. The van der Waals surface area contributed by atoms with E-state index in [1.165, 1.54) is 6.07 Å². The van der Waals surface area contributed by atoms with Gasteiger partial charge in [-0.05, 0) is 48.7 Å². The molecule has 3 aromatic rings. The van der Waals surface area contributed by atoms with Crippen LogP contribution < -0.4 is 20.9 Å². The number of fused-ring (bicyclic) bond motifs is 2. The van der Waals surface area contributed by atoms with Gasteiger partial charge in [0, 0.05) is 38.3 Å². The van der Waals surface area contributed by atoms with Crippen molar-refractivity contribution in [1.82, 2.24) is 19.8 Å². The molecule has 2 aromatic heterocycles. The third kappa shape index (κ3) is 6.37. The van der Waals surface area contributed by atoms with Gasteiger partial charge < -0.3 is 19.9 Å². The molecule has 0 spiro atoms. The van der Waals surface area contributed by atoms with Crippen LogP contribution in [-0.4, -0.2) is 58.8 Å². The summed E-state index contributed by atoms with van der Waals surface area (Å²) in [6, 6.07) is 13.9. The Kier molecular flexibility index (Phi) is 9.45. The molecule has 9 nitrogen and oxygen atoms in total. The molecule has 0 unspecified atom stereocenters. The number of amides is 1. The van der Waals surface area contributed by atoms with Crippen molar-refractivity contribution in [1.29, 1.82) is 5.26 Å². The Morgan fingerprint density at radius 3 is 2.76 bits per heavy atom. The van der Waals surface area contributed by atoms with E-state index in [-0.39, 0.29) is 55.5 Å². The maximum atomic E-state index is 15.0. The first-order valence-corrected chi connectivity index (χ1v) is 11.6. The van der Waals surface area contributed by atoms with Crippen molar-refractivity contribution in [3.63, 3.8) is 0 Å². The summed E-state index contributed by atoms with van der Waals surface area (Å²) in [7, 11) is 0. The van der Waals surface area contributed by atoms with Crippen molar-refractivity contribution >= 4 is 47.4 Å². The van der Waals surface area contributed by atoms with Gasteiger partial charge in [-0.15, -0.1) is 24.8 Å². The number of ether oxygens (including phenoxy) is 1. The summed E-state index contributed by atoms with van der Waals surface area (Å²) in [5.74, 6) is 0.666. The molecule has 0 radical (unpaired) electrons. The van der Waals surface area contributed by atoms with Crippen LogP contribution >= 0.6 is 24.8 Å². The maximum absolute atomic E-state index is 15.0. The topological polar surface area (TPSA) is 112 Å². The van der Waals surface area contributed by atoms with Gasteiger partial charge >= 0.3 is 0 Å². The normalized spacial score (nSPS) is 19.0. The minimum Gasteiger partial charge on any atom is -0.480 e. The van der Waals surface area contributed by atoms with Gasteiger partial charge in [-0.3, -0.25) is 14.5 Å². The fraction of sp³-hybridized carbons (Fsp3) is 0.360. The molecule has 1 fully saturated rings. The first-order chi connectivity index (χ1) is 17.0. The number of carbonyl (C=O) groups excluding carboxylic acids is 1. The van der Waals surface area contributed by atoms with Crippen LogP contribution in [0.5, 0.6) is 5.75 Å². The second-order valence-electron chi connectivity index (χ2n) is 8.79. The van der Waals surface area contributed by atoms with Crippen LogP contribution in [0.1, 0.15) is 17.7 Å². The predicted octanol–water partition coefficient (Wildman–Crippen LogP) is 2.64. The average Bonchev–Trinajstić information content (AvgIpc) is 2.87. The smallest absolute Gasteiger partial charge is 0.263 e. The van der Waals surface area contributed by atoms with E-state index in [0.29, 0.717) is 60.9 Å². The quantitative estimate of drug-likeness (QED) is 0.486. The van der Waals surface area contributed by atoms with Crippen LogP contribution in [0.3, 0.4) is 0 Å². The molecule has 1 aromatic carbocycles. The first kappa shape index (κ1) is 28.3. The third-order valence-corrected chi connectivity index (χ3v) is 6.47. The van der Waals surface area contributed by atoms with E-state index < -0.39 is 6.17 Å². The van der Waals surface area contributed by atoms with Gasteiger partial charge in [-0.1, -0.05) is 6.07 Å². The van der Waals surface area contributed by atoms with Gasteiger partial charge in [-0.25, -0.2) is 9.37 Å². The number of benzene rings is 1. The largest absolute Gasteiger partial charge is 0.480 e. The molecule has 5 rings (SSSR count). The molecule has 2 aliphatic rings. The Labute approximate surface area is 225 Å². The fourth-order valence-electron chi connectivity index (χ4n) is 4.57. The van der Waals surface area contributed by atoms with Gasteiger partial charge in [-0.2, -0.15) is 5.26 Å². The number of rotatable bonds is 6. The molecular weight excluding hydrogens is 522 g/mol. The molecule has 2 atom stereocenters. The molecule has 1 amide bonds. The summed E-state index contributed by atoms with van der Waals surface area (Å²) >= 11 is 0. The monoisotopic (exact) mass is 548 g/mol. The van der Waals surface area contributed by atoms with Crippen LogP contribution in [0.4, 0.5) is 10.2 Å². The zero-order valence-electron chi connectivity index (χ0n) is 19.9. The van der Waals surface area contributed by atoms with Gasteiger partial charge in [0.05, 0.1) is 22.8 Å². The van der Waals surface area contributed by atoms with Gasteiger partial charge in [0.25, 0.3) is 11.5 Å². The zero-order valence-corrected chi connectivity index (χ0v) is 21.5. The van der Waals surface area contributed by atoms with E-state index in [9.17, 15) is 19.2 Å². The number of pyridine rings is 2. The lowest BCUT2D eigenvalue weighted by Gasteiger charge is -2.35. The Morgan fingerprint density at radius 2 is 1.97 bits per heavy atom. The van der Waals surface area contributed by atoms with Crippen molar-refractivity contribution in [2.45, 2.75) is 31.7 Å². The lowest BCUT2D eigenvalue weighted by molar-refractivity contribution is -0.118. The number of hydrogen-bond donors (Lipinski definition) is 2. The van der Waals surface area contributed by atoms with E-state index in [1.54, 1.807) is 34.9 Å². The van der Waals surface area contributed by atoms with E-state index in [2.05, 4.69) is 21.7 Å². The molecule has 37 heavy (non-hydrogen) atoms. The third-order valence-electron chi connectivity index (χ3n) is 6.47. The molecule has 2 aliphatic heterocycles. The van der Waals surface area contributed by atoms with Gasteiger partial charge in [0.15, 0.2) is 18.2 Å². The van der Waals surface area contributed by atoms with Crippen molar-refractivity contribution in [2.24, 2.45) is 0 Å². The molecule has 12 heteroatoms. The lowest BCUT2D eigenvalue weighted by Crippen LogP contribution is -2.51. The van der Waals surface area contributed by atoms with E-state index in [4.69, 9.17) is 4.74 Å². The van der Waals surface area contributed by atoms with E-state index in [0.717, 1.165) is 5.39 Å². The molecule has 0 aliphatic carbocycles. The van der Waals surface area contributed by atoms with Crippen molar-refractivity contribution in [2.75, 3.05) is 31.6 Å². The van der Waals surface area contributed by atoms with Crippen LogP contribution in [0.2, 0.25) is 0 Å². The lowest BCUT2D eigenvalue weighted by atomic mass is 10.0. The second-order valence-corrected chi connectivity index (χ2v) is 8.79. The highest BCUT2D eigenvalue weighted by Gasteiger charge is 2.29. The number of aromatic nitrogens is 2. The number of nitrogens with one attached hydrogen (secondary N) is 2. The van der Waals surface area contributed by atoms with E-state index >= 15 is 0 Å². The average molecular weight is 549 g/mol. The Balaban J connectivity index is 0.00000190. The van der Waals surface area contributed by atoms with Crippen LogP contribution in [-0.2, 0) is 17.9 Å². The molecule has 196 valence electrons. The summed E-state index contributed by atoms with van der Waals surface area (Å²) < 4.78 is 21.9. The number of likely N-dealkylation sites (tertiary alicyclic amines) is 1. The number of hydrogen-bond acceptors (Lipinski definition) is 7. The van der Waals surface area contributed by atoms with Crippen molar-refractivity contribution < 1.29 is 13.9 Å². The summed E-state index contributed by atoms with van der Waals surface area (Å²) in [6.45, 7) is 2.27. The van der Waals surface area contributed by atoms with E-state index in [1.807, 2.05) is 11.0 Å². The summed E-state index contributed by atoms with van der Waals surface area (Å²) in [4.78, 5) is 30.4. The highest BCUT2D eigenvalue weighted by atomic mass is 35.5. The Morgan fingerprint density at radius 1 is 1.16 bits per heavy atom. The molecule has 0 bridgehead atoms. The molecular formula is C25H27Cl2FN6O3. The fourth-order valence-corrected chi connectivity index (χ4v) is 4.57. The minimum atomic E-state index is -1.07. The van der Waals surface area contributed by atoms with Gasteiger partial charge in [0.1, 0.15) is 6.17 Å². The summed E-state index contributed by atoms with van der Waals surface area (Å²) in [5, 5.41) is 16.0. The minimum absolute atomic E-state index is 0. The number of anilines is 1. The molecule has 2 N–H and O–H groups in total. The van der Waals surface area contributed by atoms with Crippen LogP contribution in [0, 0.1) is 11.3 Å². The highest BCUT2D eigenvalue weighted by Crippen LogP contribution is 2.25. The molecule has 0 saturated carbocycles. The number of carbonyl (C=O) groups is 1. The van der Waals surface area contributed by atoms with Gasteiger partial charge in [0.2, 0.25) is 0 Å². The number of nitrogens with zero attached hydrogens (tertiary/aromatic N) is 4. The SMILES string of the molecule is Cl.Cl.N#Cc1ccc2ccc(=O)n(CCN3CC[C@@H](NCc4ccc5c(n4)NC(=O)CO5)[C@@H](F)C3)c2c1. The van der Waals surface area contributed by atoms with Crippen molar-refractivity contribution in [3.05, 3.63) is 64.1 Å². The van der Waals surface area contributed by atoms with Crippen LogP contribution in [0.15, 0.2) is 47.3 Å². The summed E-state index contributed by atoms with van der Waals surface area (Å²) in [5.41, 5.74) is 1.76. The number of alkyl halides is 1. The standard InChI is InChI=1S/C25H25FN6O3.2ClH/c26-19-14-31(9-10-32-21-11-16(12-27)1-2-17(21)3-6-24(32)34)8-7-20(19)28-13-18-4-5-22-25(29-18)30-23(33)15-35-22;;/h1-6,11,19-20,28H,7-10,13-15H2,(H,29,30,33);2*1H/t19-,20+;;/m0../s1. The zero-order chi connectivity index (χ0) is 24.4. The van der Waals surface area contributed by atoms with Crippen molar-refractivity contribution in [3.8, 4) is 11.8 Å². The Hall–Kier alpha value is -3.23. The number of nitriles is 1. The molecule has 1 saturated heterocycles. The highest BCUT2D eigenvalue weighted by molar-refractivity contribution is 5.94. The van der Waals surface area contributed by atoms with Crippen LogP contribution in [0.25, 0.3) is 10.9 Å². The Bertz CT molecular complexity index is 1380. The predicted molar refractivity (Wildman–Crippen MR) is 142 cm³/mol. The maximum Gasteiger partial charge on any atom is 0.263 e.